The highest BCUT2D eigenvalue weighted by atomic mass is 16.5. The van der Waals surface area contributed by atoms with Gasteiger partial charge >= 0.3 is 0 Å². The quantitative estimate of drug-likeness (QED) is 0.381. The molecule has 0 unspecified atom stereocenters. The average molecular weight is 330 g/mol. The summed E-state index contributed by atoms with van der Waals surface area (Å²) in [7, 11) is 1.70. The summed E-state index contributed by atoms with van der Waals surface area (Å²) < 4.78 is 9.65. The van der Waals surface area contributed by atoms with Crippen molar-refractivity contribution in [3.05, 3.63) is 43.0 Å². The molecule has 3 nitrogen and oxygen atoms in total. The molecule has 2 aromatic rings. The minimum Gasteiger partial charge on any atom is -0.497 e. The number of aromatic nitrogens is 2. The van der Waals surface area contributed by atoms with Crippen LogP contribution < -0.4 is 9.30 Å². The molecule has 0 aliphatic heterocycles. The maximum atomic E-state index is 5.21. The third kappa shape index (κ3) is 6.38. The molecule has 0 spiro atoms. The number of rotatable bonds is 12. The fraction of sp³-hybridized carbons (Fsp3) is 0.571. The van der Waals surface area contributed by atoms with Gasteiger partial charge in [-0.2, -0.15) is 0 Å². The van der Waals surface area contributed by atoms with E-state index in [2.05, 4.69) is 46.9 Å². The van der Waals surface area contributed by atoms with Crippen molar-refractivity contribution in [2.24, 2.45) is 0 Å². The maximum Gasteiger partial charge on any atom is 0.248 e. The summed E-state index contributed by atoms with van der Waals surface area (Å²) in [6, 6.07) is 8.17. The normalized spacial score (nSPS) is 10.9. The van der Waals surface area contributed by atoms with E-state index >= 15 is 0 Å². The number of ether oxygens (including phenoxy) is 1. The van der Waals surface area contributed by atoms with E-state index in [9.17, 15) is 0 Å². The van der Waals surface area contributed by atoms with Crippen LogP contribution in [0.25, 0.3) is 5.69 Å². The number of nitrogens with zero attached hydrogens (tertiary/aromatic N) is 2. The summed E-state index contributed by atoms with van der Waals surface area (Å²) in [5.41, 5.74) is 1.17. The van der Waals surface area contributed by atoms with Crippen molar-refractivity contribution in [1.29, 1.82) is 0 Å². The smallest absolute Gasteiger partial charge is 0.248 e. The molecule has 0 amide bonds. The van der Waals surface area contributed by atoms with Crippen molar-refractivity contribution in [3.8, 4) is 11.4 Å². The molecule has 0 N–H and O–H groups in total. The molecule has 1 heterocycles. The fourth-order valence-electron chi connectivity index (χ4n) is 3.04. The van der Waals surface area contributed by atoms with E-state index in [-0.39, 0.29) is 0 Å². The summed E-state index contributed by atoms with van der Waals surface area (Å²) in [5, 5.41) is 0. The topological polar surface area (TPSA) is 18.0 Å². The van der Waals surface area contributed by atoms with E-state index in [1.165, 1.54) is 63.5 Å². The van der Waals surface area contributed by atoms with Gasteiger partial charge in [-0.15, -0.1) is 0 Å². The molecule has 0 aliphatic rings. The van der Waals surface area contributed by atoms with Crippen LogP contribution in [0.4, 0.5) is 0 Å². The van der Waals surface area contributed by atoms with Crippen LogP contribution in [-0.4, -0.2) is 11.7 Å². The molecule has 0 fully saturated rings. The third-order valence-corrected chi connectivity index (χ3v) is 4.58. The predicted molar refractivity (Wildman–Crippen MR) is 99.7 cm³/mol. The standard InChI is InChI=1S/C21H33N2O/c1-3-4-5-6-7-8-9-10-11-16-22-17-18-23(19-22)20-12-14-21(24-2)15-13-20/h12-15,17-19H,3-11,16H2,1-2H3/q+1. The number of methoxy groups -OCH3 is 1. The Kier molecular flexibility index (Phi) is 8.43. The number of hydrogen-bond donors (Lipinski definition) is 0. The van der Waals surface area contributed by atoms with Crippen LogP contribution in [0.3, 0.4) is 0 Å². The second-order valence-corrected chi connectivity index (χ2v) is 6.59. The Morgan fingerprint density at radius 3 is 2.12 bits per heavy atom. The van der Waals surface area contributed by atoms with Gasteiger partial charge in [0.2, 0.25) is 6.33 Å². The van der Waals surface area contributed by atoms with Crippen LogP contribution in [0.2, 0.25) is 0 Å². The Balaban J connectivity index is 1.63. The SMILES string of the molecule is CCCCCCCCCCC[n+]1ccn(-c2ccc(OC)cc2)c1. The highest BCUT2D eigenvalue weighted by molar-refractivity contribution is 5.36. The molecule has 132 valence electrons. The van der Waals surface area contributed by atoms with Gasteiger partial charge in [-0.05, 0) is 37.1 Å². The molecule has 3 heteroatoms. The largest absolute Gasteiger partial charge is 0.497 e. The summed E-state index contributed by atoms with van der Waals surface area (Å²) >= 11 is 0. The average Bonchev–Trinajstić information content (AvgIpc) is 3.09. The molecule has 0 aliphatic carbocycles. The van der Waals surface area contributed by atoms with Crippen LogP contribution >= 0.6 is 0 Å². The Hall–Kier alpha value is -1.77. The zero-order chi connectivity index (χ0) is 17.0. The number of unbranched alkanes of at least 4 members (excludes halogenated alkanes) is 8. The lowest BCUT2D eigenvalue weighted by molar-refractivity contribution is -0.696. The highest BCUT2D eigenvalue weighted by Crippen LogP contribution is 2.14. The Bertz CT molecular complexity index is 559. The molecule has 1 aromatic carbocycles. The molecule has 0 bridgehead atoms. The van der Waals surface area contributed by atoms with Crippen molar-refractivity contribution in [1.82, 2.24) is 4.57 Å². The minimum atomic E-state index is 0.897. The van der Waals surface area contributed by atoms with Crippen molar-refractivity contribution >= 4 is 0 Å². The second-order valence-electron chi connectivity index (χ2n) is 6.59. The van der Waals surface area contributed by atoms with Gasteiger partial charge in [-0.1, -0.05) is 51.9 Å². The first-order valence-electron chi connectivity index (χ1n) is 9.55. The number of aryl methyl sites for hydroxylation is 1. The van der Waals surface area contributed by atoms with Gasteiger partial charge in [-0.3, -0.25) is 0 Å². The molecular formula is C21H33N2O+. The summed E-state index contributed by atoms with van der Waals surface area (Å²) in [6.07, 6.45) is 18.9. The van der Waals surface area contributed by atoms with Gasteiger partial charge in [0.15, 0.2) is 0 Å². The summed E-state index contributed by atoms with van der Waals surface area (Å²) in [6.45, 7) is 3.39. The molecule has 0 radical (unpaired) electrons. The van der Waals surface area contributed by atoms with E-state index in [1.807, 2.05) is 12.1 Å². The van der Waals surface area contributed by atoms with Gasteiger partial charge in [-0.25, -0.2) is 9.13 Å². The van der Waals surface area contributed by atoms with Gasteiger partial charge in [0, 0.05) is 0 Å². The van der Waals surface area contributed by atoms with Crippen LogP contribution in [0, 0.1) is 0 Å². The Labute approximate surface area is 147 Å². The summed E-state index contributed by atoms with van der Waals surface area (Å²) in [5.74, 6) is 0.897. The minimum absolute atomic E-state index is 0.897. The third-order valence-electron chi connectivity index (χ3n) is 4.58. The van der Waals surface area contributed by atoms with Crippen molar-refractivity contribution in [2.45, 2.75) is 71.3 Å². The molecule has 0 saturated heterocycles. The Morgan fingerprint density at radius 2 is 1.50 bits per heavy atom. The number of benzene rings is 1. The lowest BCUT2D eigenvalue weighted by atomic mass is 10.1. The molecule has 0 atom stereocenters. The monoisotopic (exact) mass is 329 g/mol. The molecule has 2 rings (SSSR count). The zero-order valence-corrected chi connectivity index (χ0v) is 15.4. The van der Waals surface area contributed by atoms with Crippen LogP contribution in [-0.2, 0) is 6.54 Å². The highest BCUT2D eigenvalue weighted by Gasteiger charge is 2.06. The van der Waals surface area contributed by atoms with Crippen LogP contribution in [0.5, 0.6) is 5.75 Å². The van der Waals surface area contributed by atoms with E-state index in [0.29, 0.717) is 0 Å². The zero-order valence-electron chi connectivity index (χ0n) is 15.4. The first-order valence-corrected chi connectivity index (χ1v) is 9.55. The number of hydrogen-bond acceptors (Lipinski definition) is 1. The van der Waals surface area contributed by atoms with E-state index in [1.54, 1.807) is 7.11 Å². The first-order chi connectivity index (χ1) is 11.8. The fourth-order valence-corrected chi connectivity index (χ4v) is 3.04. The van der Waals surface area contributed by atoms with E-state index in [4.69, 9.17) is 4.74 Å². The molecular weight excluding hydrogens is 296 g/mol. The van der Waals surface area contributed by atoms with Gasteiger partial charge < -0.3 is 4.74 Å². The lowest BCUT2D eigenvalue weighted by Gasteiger charge is -2.01. The predicted octanol–water partition coefficient (Wildman–Crippen LogP) is 5.30. The lowest BCUT2D eigenvalue weighted by Crippen LogP contribution is -2.30. The van der Waals surface area contributed by atoms with E-state index in [0.717, 1.165) is 12.3 Å². The molecule has 0 saturated carbocycles. The van der Waals surface area contributed by atoms with Crippen molar-refractivity contribution < 1.29 is 9.30 Å². The number of imidazole rings is 1. The molecule has 1 aromatic heterocycles. The summed E-state index contributed by atoms with van der Waals surface area (Å²) in [4.78, 5) is 0. The van der Waals surface area contributed by atoms with Gasteiger partial charge in [0.05, 0.1) is 13.7 Å². The van der Waals surface area contributed by atoms with Crippen molar-refractivity contribution in [2.75, 3.05) is 7.11 Å². The van der Waals surface area contributed by atoms with Crippen LogP contribution in [0.1, 0.15) is 64.7 Å². The van der Waals surface area contributed by atoms with Gasteiger partial charge in [0.25, 0.3) is 0 Å². The Morgan fingerprint density at radius 1 is 0.875 bits per heavy atom. The maximum absolute atomic E-state index is 5.21. The van der Waals surface area contributed by atoms with Gasteiger partial charge in [0.1, 0.15) is 23.8 Å². The van der Waals surface area contributed by atoms with Crippen molar-refractivity contribution in [3.63, 3.8) is 0 Å². The van der Waals surface area contributed by atoms with E-state index < -0.39 is 0 Å². The van der Waals surface area contributed by atoms with Crippen LogP contribution in [0.15, 0.2) is 43.0 Å². The second kappa shape index (κ2) is 10.9. The first kappa shape index (κ1) is 18.6. The molecule has 24 heavy (non-hydrogen) atoms.